The highest BCUT2D eigenvalue weighted by Gasteiger charge is 2.27. The van der Waals surface area contributed by atoms with Gasteiger partial charge in [0.15, 0.2) is 0 Å². The van der Waals surface area contributed by atoms with Crippen molar-refractivity contribution in [1.29, 1.82) is 0 Å². The van der Waals surface area contributed by atoms with E-state index in [-0.39, 0.29) is 23.8 Å². The van der Waals surface area contributed by atoms with Crippen molar-refractivity contribution in [1.82, 2.24) is 25.2 Å². The van der Waals surface area contributed by atoms with Crippen molar-refractivity contribution in [3.63, 3.8) is 0 Å². The number of piperidine rings is 1. The van der Waals surface area contributed by atoms with Gasteiger partial charge in [-0.15, -0.1) is 11.3 Å². The molecule has 3 aromatic heterocycles. The Kier molecular flexibility index (Phi) is 4.85. The van der Waals surface area contributed by atoms with E-state index in [0.717, 1.165) is 17.7 Å². The molecule has 0 bridgehead atoms. The van der Waals surface area contributed by atoms with Crippen LogP contribution in [0.15, 0.2) is 33.0 Å². The van der Waals surface area contributed by atoms with Crippen LogP contribution in [0.1, 0.15) is 36.0 Å². The van der Waals surface area contributed by atoms with Gasteiger partial charge in [-0.1, -0.05) is 16.4 Å². The molecule has 1 atom stereocenters. The van der Waals surface area contributed by atoms with E-state index in [2.05, 4.69) is 24.9 Å². The maximum atomic E-state index is 12.6. The Morgan fingerprint density at radius 1 is 1.44 bits per heavy atom. The highest BCUT2D eigenvalue weighted by Crippen LogP contribution is 2.27. The molecule has 1 aliphatic heterocycles. The van der Waals surface area contributed by atoms with Crippen molar-refractivity contribution < 1.29 is 9.42 Å². The molecule has 0 aromatic carbocycles. The summed E-state index contributed by atoms with van der Waals surface area (Å²) in [5.41, 5.74) is 1.70. The predicted molar refractivity (Wildman–Crippen MR) is 99.5 cm³/mol. The minimum atomic E-state index is -0.170. The molecule has 4 heterocycles. The van der Waals surface area contributed by atoms with Crippen molar-refractivity contribution in [2.24, 2.45) is 0 Å². The maximum absolute atomic E-state index is 12.6. The van der Waals surface area contributed by atoms with Crippen LogP contribution in [0.25, 0.3) is 10.6 Å². The summed E-state index contributed by atoms with van der Waals surface area (Å²) in [5.74, 6) is 0.629. The highest BCUT2D eigenvalue weighted by molar-refractivity contribution is 7.13. The summed E-state index contributed by atoms with van der Waals surface area (Å²) in [4.78, 5) is 35.0. The molecule has 27 heavy (non-hydrogen) atoms. The molecule has 0 saturated carbocycles. The molecule has 0 radical (unpaired) electrons. The number of aryl methyl sites for hydroxylation is 1. The van der Waals surface area contributed by atoms with Crippen LogP contribution in [-0.2, 0) is 11.2 Å². The van der Waals surface area contributed by atoms with Gasteiger partial charge >= 0.3 is 0 Å². The Morgan fingerprint density at radius 3 is 3.07 bits per heavy atom. The lowest BCUT2D eigenvalue weighted by molar-refractivity contribution is -0.131. The van der Waals surface area contributed by atoms with Gasteiger partial charge in [-0.05, 0) is 31.2 Å². The number of hydrogen-bond donors (Lipinski definition) is 1. The van der Waals surface area contributed by atoms with Gasteiger partial charge in [-0.2, -0.15) is 0 Å². The number of aromatic nitrogens is 4. The van der Waals surface area contributed by atoms with Gasteiger partial charge in [0.05, 0.1) is 17.0 Å². The fraction of sp³-hybridized carbons (Fsp3) is 0.389. The fourth-order valence-electron chi connectivity index (χ4n) is 3.31. The fourth-order valence-corrected chi connectivity index (χ4v) is 4.00. The second kappa shape index (κ2) is 7.43. The van der Waals surface area contributed by atoms with Gasteiger partial charge in [0.25, 0.3) is 5.56 Å². The Morgan fingerprint density at radius 2 is 2.33 bits per heavy atom. The molecule has 3 aromatic rings. The van der Waals surface area contributed by atoms with Crippen LogP contribution in [0.5, 0.6) is 0 Å². The molecule has 0 aliphatic carbocycles. The van der Waals surface area contributed by atoms with Crippen molar-refractivity contribution in [2.75, 3.05) is 13.1 Å². The van der Waals surface area contributed by atoms with Crippen LogP contribution in [0, 0.1) is 6.92 Å². The Balaban J connectivity index is 1.52. The van der Waals surface area contributed by atoms with E-state index >= 15 is 0 Å². The molecule has 1 saturated heterocycles. The summed E-state index contributed by atoms with van der Waals surface area (Å²) in [6, 6.07) is 5.40. The molecule has 1 aliphatic rings. The number of amides is 1. The average Bonchev–Trinajstić information content (AvgIpc) is 3.34. The molecule has 140 valence electrons. The van der Waals surface area contributed by atoms with Crippen molar-refractivity contribution >= 4 is 17.2 Å². The van der Waals surface area contributed by atoms with E-state index < -0.39 is 0 Å². The number of hydrogen-bond acceptors (Lipinski definition) is 7. The number of nitrogens with one attached hydrogen (secondary N) is 1. The summed E-state index contributed by atoms with van der Waals surface area (Å²) in [7, 11) is 0. The summed E-state index contributed by atoms with van der Waals surface area (Å²) in [5, 5.41) is 9.46. The number of rotatable bonds is 4. The standard InChI is InChI=1S/C18H19N5O3S/c1-11-13(22-26-21-11)9-17(25)23-6-2-4-12(10-23)18-19-14(8-16(24)20-18)15-5-3-7-27-15/h3,5,7-8,12H,2,4,6,9-10H2,1H3,(H,19,20,24)/t12-/m1/s1. The zero-order chi connectivity index (χ0) is 18.8. The second-order valence-corrected chi connectivity index (χ2v) is 7.59. The molecule has 1 fully saturated rings. The number of carbonyl (C=O) groups excluding carboxylic acids is 1. The number of H-pyrrole nitrogens is 1. The minimum Gasteiger partial charge on any atom is -0.342 e. The summed E-state index contributed by atoms with van der Waals surface area (Å²) >= 11 is 1.55. The van der Waals surface area contributed by atoms with Gasteiger partial charge in [0.2, 0.25) is 5.91 Å². The molecular weight excluding hydrogens is 366 g/mol. The first-order valence-corrected chi connectivity index (χ1v) is 9.69. The number of nitrogens with zero attached hydrogens (tertiary/aromatic N) is 4. The van der Waals surface area contributed by atoms with Crippen molar-refractivity contribution in [3.8, 4) is 10.6 Å². The first-order chi connectivity index (χ1) is 13.1. The number of thiophene rings is 1. The molecular formula is C18H19N5O3S. The predicted octanol–water partition coefficient (Wildman–Crippen LogP) is 2.14. The molecule has 1 amide bonds. The smallest absolute Gasteiger partial charge is 0.251 e. The molecule has 8 nitrogen and oxygen atoms in total. The number of carbonyl (C=O) groups is 1. The van der Waals surface area contributed by atoms with Gasteiger partial charge in [-0.3, -0.25) is 9.59 Å². The SMILES string of the molecule is Cc1nonc1CC(=O)N1CCC[C@@H](c2nc(-c3cccs3)cc(=O)[nH]2)C1. The summed E-state index contributed by atoms with van der Waals surface area (Å²) in [6.07, 6.45) is 1.91. The molecule has 1 N–H and O–H groups in total. The van der Waals surface area contributed by atoms with Crippen molar-refractivity contribution in [2.45, 2.75) is 32.1 Å². The van der Waals surface area contributed by atoms with Crippen LogP contribution in [0.3, 0.4) is 0 Å². The number of likely N-dealkylation sites (tertiary alicyclic amines) is 1. The van der Waals surface area contributed by atoms with E-state index in [9.17, 15) is 9.59 Å². The first kappa shape index (κ1) is 17.6. The zero-order valence-electron chi connectivity index (χ0n) is 14.8. The quantitative estimate of drug-likeness (QED) is 0.738. The van der Waals surface area contributed by atoms with Gasteiger partial charge in [0.1, 0.15) is 17.2 Å². The largest absolute Gasteiger partial charge is 0.342 e. The van der Waals surface area contributed by atoms with Gasteiger partial charge < -0.3 is 9.88 Å². The number of aromatic amines is 1. The Bertz CT molecular complexity index is 995. The van der Waals surface area contributed by atoms with Gasteiger partial charge in [-0.25, -0.2) is 9.61 Å². The monoisotopic (exact) mass is 385 g/mol. The third-order valence-corrected chi connectivity index (χ3v) is 5.65. The lowest BCUT2D eigenvalue weighted by atomic mass is 9.96. The van der Waals surface area contributed by atoms with Crippen LogP contribution in [0.2, 0.25) is 0 Å². The average molecular weight is 385 g/mol. The zero-order valence-corrected chi connectivity index (χ0v) is 15.7. The second-order valence-electron chi connectivity index (χ2n) is 6.65. The Labute approximate surface area is 159 Å². The van der Waals surface area contributed by atoms with E-state index in [1.165, 1.54) is 6.07 Å². The summed E-state index contributed by atoms with van der Waals surface area (Å²) < 4.78 is 4.67. The third kappa shape index (κ3) is 3.82. The molecule has 4 rings (SSSR count). The topological polar surface area (TPSA) is 105 Å². The van der Waals surface area contributed by atoms with Gasteiger partial charge in [0, 0.05) is 25.1 Å². The van der Waals surface area contributed by atoms with Crippen LogP contribution in [-0.4, -0.2) is 44.2 Å². The first-order valence-electron chi connectivity index (χ1n) is 8.81. The van der Waals surface area contributed by atoms with E-state index in [1.807, 2.05) is 17.5 Å². The Hall–Kier alpha value is -2.81. The van der Waals surface area contributed by atoms with Crippen LogP contribution in [0.4, 0.5) is 0 Å². The molecule has 0 unspecified atom stereocenters. The lowest BCUT2D eigenvalue weighted by Gasteiger charge is -2.32. The molecule has 0 spiro atoms. The van der Waals surface area contributed by atoms with Crippen LogP contribution >= 0.6 is 11.3 Å². The van der Waals surface area contributed by atoms with E-state index in [1.54, 1.807) is 23.2 Å². The molecule has 9 heteroatoms. The third-order valence-electron chi connectivity index (χ3n) is 4.76. The maximum Gasteiger partial charge on any atom is 0.251 e. The van der Waals surface area contributed by atoms with Crippen molar-refractivity contribution in [3.05, 3.63) is 51.1 Å². The minimum absolute atomic E-state index is 0.00634. The van der Waals surface area contributed by atoms with E-state index in [0.29, 0.717) is 36.0 Å². The normalized spacial score (nSPS) is 17.2. The van der Waals surface area contributed by atoms with Crippen LogP contribution < -0.4 is 5.56 Å². The van der Waals surface area contributed by atoms with E-state index in [4.69, 9.17) is 0 Å². The summed E-state index contributed by atoms with van der Waals surface area (Å²) in [6.45, 7) is 2.98. The highest BCUT2D eigenvalue weighted by atomic mass is 32.1. The lowest BCUT2D eigenvalue weighted by Crippen LogP contribution is -2.40.